The first-order valence-corrected chi connectivity index (χ1v) is 7.83. The van der Waals surface area contributed by atoms with Crippen molar-refractivity contribution >= 4 is 23.1 Å². The fourth-order valence-corrected chi connectivity index (χ4v) is 2.38. The second-order valence-electron chi connectivity index (χ2n) is 5.21. The molecule has 0 aliphatic heterocycles. The highest BCUT2D eigenvalue weighted by Crippen LogP contribution is 2.31. The molecule has 2 aromatic carbocycles. The molecule has 0 aliphatic carbocycles. The van der Waals surface area contributed by atoms with Crippen LogP contribution in [-0.2, 0) is 19.1 Å². The first-order chi connectivity index (χ1) is 12.2. The van der Waals surface area contributed by atoms with Crippen LogP contribution in [0.25, 0.3) is 11.1 Å². The van der Waals surface area contributed by atoms with Crippen LogP contribution in [-0.4, -0.2) is 26.2 Å². The fraction of sp³-hybridized carbons (Fsp3) is 0.143. The highest BCUT2D eigenvalue weighted by atomic mass is 16.5. The third-order valence-corrected chi connectivity index (χ3v) is 3.62. The molecule has 0 bridgehead atoms. The van der Waals surface area contributed by atoms with Crippen LogP contribution in [0.2, 0.25) is 0 Å². The number of benzene rings is 2. The summed E-state index contributed by atoms with van der Waals surface area (Å²) in [5.41, 5.74) is 3.20. The molecule has 0 N–H and O–H groups in total. The lowest BCUT2D eigenvalue weighted by atomic mass is 9.91. The third-order valence-electron chi connectivity index (χ3n) is 3.62. The molecule has 0 saturated heterocycles. The van der Waals surface area contributed by atoms with E-state index in [1.54, 1.807) is 6.08 Å². The molecule has 0 amide bonds. The van der Waals surface area contributed by atoms with Crippen molar-refractivity contribution in [3.05, 3.63) is 83.9 Å². The van der Waals surface area contributed by atoms with Crippen molar-refractivity contribution in [3.63, 3.8) is 0 Å². The highest BCUT2D eigenvalue weighted by Gasteiger charge is 2.13. The van der Waals surface area contributed by atoms with Gasteiger partial charge in [0.15, 0.2) is 0 Å². The van der Waals surface area contributed by atoms with Gasteiger partial charge in [0.1, 0.15) is 0 Å². The van der Waals surface area contributed by atoms with E-state index in [4.69, 9.17) is 9.47 Å². The number of hydrogen-bond acceptors (Lipinski definition) is 4. The summed E-state index contributed by atoms with van der Waals surface area (Å²) in [6.45, 7) is 0. The van der Waals surface area contributed by atoms with Crippen molar-refractivity contribution in [1.82, 2.24) is 0 Å². The summed E-state index contributed by atoms with van der Waals surface area (Å²) in [6.07, 6.45) is 3.31. The lowest BCUT2D eigenvalue weighted by Crippen LogP contribution is -2.01. The molecule has 0 aromatic heterocycles. The van der Waals surface area contributed by atoms with Crippen LogP contribution in [0.3, 0.4) is 0 Å². The minimum absolute atomic E-state index is 0.103. The van der Waals surface area contributed by atoms with Crippen LogP contribution >= 0.6 is 0 Å². The summed E-state index contributed by atoms with van der Waals surface area (Å²) in [5, 5.41) is 0. The number of rotatable bonds is 6. The Kier molecular flexibility index (Phi) is 6.72. The van der Waals surface area contributed by atoms with Crippen LogP contribution < -0.4 is 0 Å². The van der Waals surface area contributed by atoms with Gasteiger partial charge in [-0.05, 0) is 22.3 Å². The zero-order valence-corrected chi connectivity index (χ0v) is 14.3. The molecule has 0 radical (unpaired) electrons. The van der Waals surface area contributed by atoms with Crippen molar-refractivity contribution in [1.29, 1.82) is 0 Å². The van der Waals surface area contributed by atoms with E-state index in [0.29, 0.717) is 5.57 Å². The lowest BCUT2D eigenvalue weighted by Gasteiger charge is -2.13. The van der Waals surface area contributed by atoms with Gasteiger partial charge in [0.2, 0.25) is 0 Å². The fourth-order valence-electron chi connectivity index (χ4n) is 2.38. The van der Waals surface area contributed by atoms with Gasteiger partial charge in [-0.25, -0.2) is 4.79 Å². The number of carbonyl (C=O) groups excluding carboxylic acids is 2. The number of methoxy groups -OCH3 is 2. The maximum atomic E-state index is 11.9. The van der Waals surface area contributed by atoms with Gasteiger partial charge in [-0.15, -0.1) is 0 Å². The van der Waals surface area contributed by atoms with E-state index in [-0.39, 0.29) is 12.4 Å². The van der Waals surface area contributed by atoms with Gasteiger partial charge < -0.3 is 9.47 Å². The van der Waals surface area contributed by atoms with Crippen LogP contribution in [0, 0.1) is 0 Å². The molecule has 4 heteroatoms. The Morgan fingerprint density at radius 2 is 1.32 bits per heavy atom. The molecule has 0 spiro atoms. The predicted octanol–water partition coefficient (Wildman–Crippen LogP) is 3.89. The Hall–Kier alpha value is -3.14. The van der Waals surface area contributed by atoms with Crippen molar-refractivity contribution in [3.8, 4) is 0 Å². The monoisotopic (exact) mass is 336 g/mol. The SMILES string of the molecule is COC(=O)/C=C(/C(=C/CC(=O)OC)c1ccccc1)c1ccccc1. The third kappa shape index (κ3) is 5.18. The Morgan fingerprint density at radius 3 is 1.80 bits per heavy atom. The second-order valence-corrected chi connectivity index (χ2v) is 5.21. The molecule has 2 aromatic rings. The molecule has 0 saturated carbocycles. The number of allylic oxidation sites excluding steroid dienone is 2. The molecule has 0 fully saturated rings. The van der Waals surface area contributed by atoms with E-state index >= 15 is 0 Å². The smallest absolute Gasteiger partial charge is 0.331 e. The van der Waals surface area contributed by atoms with Gasteiger partial charge in [-0.2, -0.15) is 0 Å². The van der Waals surface area contributed by atoms with Crippen molar-refractivity contribution in [2.24, 2.45) is 0 Å². The topological polar surface area (TPSA) is 52.6 Å². The first kappa shape index (κ1) is 18.2. The Bertz CT molecular complexity index is 774. The minimum Gasteiger partial charge on any atom is -0.469 e. The van der Waals surface area contributed by atoms with Gasteiger partial charge in [-0.3, -0.25) is 4.79 Å². The number of ether oxygens (including phenoxy) is 2. The minimum atomic E-state index is -0.459. The van der Waals surface area contributed by atoms with Crippen LogP contribution in [0.4, 0.5) is 0 Å². The number of carbonyl (C=O) groups is 2. The van der Waals surface area contributed by atoms with E-state index in [9.17, 15) is 9.59 Å². The molecule has 4 nitrogen and oxygen atoms in total. The molecule has 25 heavy (non-hydrogen) atoms. The van der Waals surface area contributed by atoms with E-state index in [2.05, 4.69) is 0 Å². The Labute approximate surface area is 147 Å². The van der Waals surface area contributed by atoms with Gasteiger partial charge in [0, 0.05) is 6.08 Å². The summed E-state index contributed by atoms with van der Waals surface area (Å²) in [7, 11) is 2.68. The van der Waals surface area contributed by atoms with E-state index in [0.717, 1.165) is 16.7 Å². The largest absolute Gasteiger partial charge is 0.469 e. The van der Waals surface area contributed by atoms with Crippen LogP contribution in [0.1, 0.15) is 17.5 Å². The van der Waals surface area contributed by atoms with E-state index in [1.807, 2.05) is 60.7 Å². The normalized spacial score (nSPS) is 11.8. The maximum absolute atomic E-state index is 11.9. The predicted molar refractivity (Wildman–Crippen MR) is 97.5 cm³/mol. The van der Waals surface area contributed by atoms with Gasteiger partial charge in [0.25, 0.3) is 0 Å². The van der Waals surface area contributed by atoms with Crippen molar-refractivity contribution < 1.29 is 19.1 Å². The van der Waals surface area contributed by atoms with Crippen molar-refractivity contribution in [2.75, 3.05) is 14.2 Å². The zero-order chi connectivity index (χ0) is 18.1. The van der Waals surface area contributed by atoms with Gasteiger partial charge in [0.05, 0.1) is 20.6 Å². The zero-order valence-electron chi connectivity index (χ0n) is 14.3. The van der Waals surface area contributed by atoms with Crippen molar-refractivity contribution in [2.45, 2.75) is 6.42 Å². The summed E-state index contributed by atoms with van der Waals surface area (Å²) in [5.74, 6) is -0.808. The molecular formula is C21H20O4. The quantitative estimate of drug-likeness (QED) is 0.456. The van der Waals surface area contributed by atoms with E-state index < -0.39 is 5.97 Å². The summed E-state index contributed by atoms with van der Waals surface area (Å²) in [6, 6.07) is 19.1. The number of hydrogen-bond donors (Lipinski definition) is 0. The standard InChI is InChI=1S/C21H20O4/c1-24-20(22)14-13-18(16-9-5-3-6-10-16)19(15-21(23)25-2)17-11-7-4-8-12-17/h3-13,15H,14H2,1-2H3/b18-13+,19-15+. The molecule has 0 aliphatic rings. The Morgan fingerprint density at radius 1 is 0.800 bits per heavy atom. The average molecular weight is 336 g/mol. The summed E-state index contributed by atoms with van der Waals surface area (Å²) in [4.78, 5) is 23.5. The average Bonchev–Trinajstić information content (AvgIpc) is 2.68. The molecule has 0 heterocycles. The summed E-state index contributed by atoms with van der Waals surface area (Å²) >= 11 is 0. The highest BCUT2D eigenvalue weighted by molar-refractivity contribution is 6.11. The second kappa shape index (κ2) is 9.23. The van der Waals surface area contributed by atoms with Crippen LogP contribution in [0.5, 0.6) is 0 Å². The Balaban J connectivity index is 2.59. The van der Waals surface area contributed by atoms with Gasteiger partial charge >= 0.3 is 11.9 Å². The maximum Gasteiger partial charge on any atom is 0.331 e. The molecule has 128 valence electrons. The van der Waals surface area contributed by atoms with E-state index in [1.165, 1.54) is 20.3 Å². The van der Waals surface area contributed by atoms with Crippen LogP contribution in [0.15, 0.2) is 72.8 Å². The molecular weight excluding hydrogens is 316 g/mol. The molecule has 0 unspecified atom stereocenters. The van der Waals surface area contributed by atoms with Gasteiger partial charge in [-0.1, -0.05) is 66.7 Å². The lowest BCUT2D eigenvalue weighted by molar-refractivity contribution is -0.139. The molecule has 2 rings (SSSR count). The molecule has 0 atom stereocenters. The number of esters is 2. The first-order valence-electron chi connectivity index (χ1n) is 7.83. The summed E-state index contributed by atoms with van der Waals surface area (Å²) < 4.78 is 9.53.